The van der Waals surface area contributed by atoms with Gasteiger partial charge in [-0.25, -0.2) is 4.79 Å². The van der Waals surface area contributed by atoms with E-state index in [9.17, 15) is 4.79 Å². The van der Waals surface area contributed by atoms with Crippen LogP contribution in [-0.4, -0.2) is 71.0 Å². The van der Waals surface area contributed by atoms with Crippen molar-refractivity contribution in [2.45, 2.75) is 52.1 Å². The molecule has 0 radical (unpaired) electrons. The zero-order chi connectivity index (χ0) is 18.0. The Kier molecular flexibility index (Phi) is 5.34. The number of likely N-dealkylation sites (tertiary alicyclic amines) is 1. The summed E-state index contributed by atoms with van der Waals surface area (Å²) in [6.07, 6.45) is 2.04. The highest BCUT2D eigenvalue weighted by atomic mass is 16.5. The molecule has 1 unspecified atom stereocenters. The number of carbonyl (C=O) groups excluding carboxylic acids is 1. The van der Waals surface area contributed by atoms with Crippen LogP contribution in [0.5, 0.6) is 0 Å². The van der Waals surface area contributed by atoms with E-state index >= 15 is 0 Å². The normalized spacial score (nSPS) is 22.4. The minimum Gasteiger partial charge on any atom is -0.379 e. The number of ether oxygens (including phenoxy) is 1. The number of carbonyl (C=O) groups is 1. The van der Waals surface area contributed by atoms with Crippen molar-refractivity contribution in [3.63, 3.8) is 0 Å². The van der Waals surface area contributed by atoms with Crippen LogP contribution in [-0.2, 0) is 4.74 Å². The van der Waals surface area contributed by atoms with Crippen molar-refractivity contribution >= 4 is 6.03 Å². The van der Waals surface area contributed by atoms with Crippen molar-refractivity contribution in [2.24, 2.45) is 0 Å². The van der Waals surface area contributed by atoms with E-state index in [1.165, 1.54) is 5.56 Å². The third-order valence-corrected chi connectivity index (χ3v) is 5.57. The van der Waals surface area contributed by atoms with Crippen molar-refractivity contribution in [3.05, 3.63) is 17.0 Å². The van der Waals surface area contributed by atoms with E-state index in [1.54, 1.807) is 0 Å². The Bertz CT molecular complexity index is 587. The summed E-state index contributed by atoms with van der Waals surface area (Å²) in [5.41, 5.74) is 3.17. The summed E-state index contributed by atoms with van der Waals surface area (Å²) in [6, 6.07) is 0.161. The highest BCUT2D eigenvalue weighted by molar-refractivity contribution is 5.75. The molecule has 3 rings (SSSR count). The Hall–Kier alpha value is -1.60. The number of nitrogens with zero attached hydrogens (tertiary/aromatic N) is 3. The summed E-state index contributed by atoms with van der Waals surface area (Å²) < 4.78 is 5.43. The van der Waals surface area contributed by atoms with E-state index in [4.69, 9.17) is 4.74 Å². The van der Waals surface area contributed by atoms with Gasteiger partial charge >= 0.3 is 6.03 Å². The summed E-state index contributed by atoms with van der Waals surface area (Å²) in [4.78, 5) is 17.2. The van der Waals surface area contributed by atoms with Gasteiger partial charge in [-0.05, 0) is 40.5 Å². The van der Waals surface area contributed by atoms with Crippen LogP contribution in [0, 0.1) is 13.8 Å². The topological polar surface area (TPSA) is 73.5 Å². The lowest BCUT2D eigenvalue weighted by Gasteiger charge is -2.41. The average Bonchev–Trinajstić information content (AvgIpc) is 3.20. The maximum absolute atomic E-state index is 12.8. The Morgan fingerprint density at radius 1 is 1.32 bits per heavy atom. The fraction of sp³-hybridized carbons (Fsp3) is 0.778. The van der Waals surface area contributed by atoms with Gasteiger partial charge in [0.1, 0.15) is 0 Å². The quantitative estimate of drug-likeness (QED) is 0.872. The summed E-state index contributed by atoms with van der Waals surface area (Å²) in [7, 11) is 0. The SMILES string of the molecule is Cc1n[nH]c(C)c1C1CCCN1C(=O)NCC(C)(C)N1CCOCC1. The Balaban J connectivity index is 1.62. The molecule has 3 heterocycles. The van der Waals surface area contributed by atoms with Gasteiger partial charge in [0.15, 0.2) is 0 Å². The van der Waals surface area contributed by atoms with Crippen LogP contribution in [0.25, 0.3) is 0 Å². The van der Waals surface area contributed by atoms with Crippen LogP contribution in [0.1, 0.15) is 49.7 Å². The Labute approximate surface area is 150 Å². The van der Waals surface area contributed by atoms with Gasteiger partial charge in [0.25, 0.3) is 0 Å². The summed E-state index contributed by atoms with van der Waals surface area (Å²) in [5, 5.41) is 10.5. The lowest BCUT2D eigenvalue weighted by Crippen LogP contribution is -2.56. The van der Waals surface area contributed by atoms with Crippen molar-refractivity contribution in [1.82, 2.24) is 25.3 Å². The number of amides is 2. The second-order valence-electron chi connectivity index (χ2n) is 7.77. The van der Waals surface area contributed by atoms with Gasteiger partial charge in [-0.15, -0.1) is 0 Å². The van der Waals surface area contributed by atoms with Crippen LogP contribution in [0.3, 0.4) is 0 Å². The first-order valence-corrected chi connectivity index (χ1v) is 9.29. The largest absolute Gasteiger partial charge is 0.379 e. The molecule has 140 valence electrons. The number of hydrogen-bond donors (Lipinski definition) is 2. The predicted molar refractivity (Wildman–Crippen MR) is 96.6 cm³/mol. The third-order valence-electron chi connectivity index (χ3n) is 5.57. The second-order valence-corrected chi connectivity index (χ2v) is 7.77. The summed E-state index contributed by atoms with van der Waals surface area (Å²) in [5.74, 6) is 0. The van der Waals surface area contributed by atoms with Crippen molar-refractivity contribution < 1.29 is 9.53 Å². The standard InChI is InChI=1S/C18H31N5O2/c1-13-16(14(2)21-20-13)15-6-5-7-23(15)17(24)19-12-18(3,4)22-8-10-25-11-9-22/h15H,5-12H2,1-4H3,(H,19,24)(H,20,21). The molecule has 0 aliphatic carbocycles. The van der Waals surface area contributed by atoms with E-state index in [1.807, 2.05) is 18.7 Å². The molecule has 7 nitrogen and oxygen atoms in total. The van der Waals surface area contributed by atoms with E-state index in [0.717, 1.165) is 57.1 Å². The fourth-order valence-corrected chi connectivity index (χ4v) is 4.03. The molecular formula is C18H31N5O2. The summed E-state index contributed by atoms with van der Waals surface area (Å²) >= 11 is 0. The number of rotatable bonds is 4. The van der Waals surface area contributed by atoms with E-state index in [2.05, 4.69) is 34.3 Å². The minimum absolute atomic E-state index is 0.0313. The summed E-state index contributed by atoms with van der Waals surface area (Å²) in [6.45, 7) is 13.2. The van der Waals surface area contributed by atoms with Crippen LogP contribution in [0.2, 0.25) is 0 Å². The Morgan fingerprint density at radius 2 is 2.04 bits per heavy atom. The van der Waals surface area contributed by atoms with E-state index in [-0.39, 0.29) is 17.6 Å². The number of aromatic amines is 1. The molecule has 0 aromatic carbocycles. The molecular weight excluding hydrogens is 318 g/mol. The number of urea groups is 1. The molecule has 1 aromatic rings. The van der Waals surface area contributed by atoms with Crippen LogP contribution in [0.4, 0.5) is 4.79 Å². The lowest BCUT2D eigenvalue weighted by atomic mass is 10.0. The third kappa shape index (κ3) is 3.82. The number of nitrogens with one attached hydrogen (secondary N) is 2. The number of aromatic nitrogens is 2. The first-order chi connectivity index (χ1) is 11.9. The van der Waals surface area contributed by atoms with Crippen LogP contribution < -0.4 is 5.32 Å². The molecule has 2 fully saturated rings. The molecule has 0 bridgehead atoms. The molecule has 0 spiro atoms. The van der Waals surface area contributed by atoms with Gasteiger partial charge in [0.2, 0.25) is 0 Å². The first kappa shape index (κ1) is 18.2. The zero-order valence-corrected chi connectivity index (χ0v) is 15.9. The maximum atomic E-state index is 12.8. The molecule has 2 N–H and O–H groups in total. The molecule has 7 heteroatoms. The monoisotopic (exact) mass is 349 g/mol. The number of aryl methyl sites for hydroxylation is 2. The molecule has 2 aliphatic rings. The zero-order valence-electron chi connectivity index (χ0n) is 15.9. The van der Waals surface area contributed by atoms with Gasteiger partial charge in [0.05, 0.1) is 24.9 Å². The second kappa shape index (κ2) is 7.33. The van der Waals surface area contributed by atoms with E-state index < -0.39 is 0 Å². The van der Waals surface area contributed by atoms with Gasteiger partial charge in [-0.3, -0.25) is 10.00 Å². The molecule has 1 atom stereocenters. The van der Waals surface area contributed by atoms with Gasteiger partial charge in [0, 0.05) is 43.0 Å². The fourth-order valence-electron chi connectivity index (χ4n) is 4.03. The number of hydrogen-bond acceptors (Lipinski definition) is 4. The van der Waals surface area contributed by atoms with Crippen molar-refractivity contribution in [3.8, 4) is 0 Å². The minimum atomic E-state index is -0.0733. The van der Waals surface area contributed by atoms with Crippen LogP contribution in [0.15, 0.2) is 0 Å². The molecule has 2 aliphatic heterocycles. The lowest BCUT2D eigenvalue weighted by molar-refractivity contribution is -0.00908. The average molecular weight is 349 g/mol. The predicted octanol–water partition coefficient (Wildman–Crippen LogP) is 1.98. The van der Waals surface area contributed by atoms with Gasteiger partial charge in [-0.2, -0.15) is 5.10 Å². The number of H-pyrrole nitrogens is 1. The molecule has 2 saturated heterocycles. The maximum Gasteiger partial charge on any atom is 0.317 e. The molecule has 0 saturated carbocycles. The van der Waals surface area contributed by atoms with Gasteiger partial charge in [-0.1, -0.05) is 0 Å². The van der Waals surface area contributed by atoms with Crippen molar-refractivity contribution in [2.75, 3.05) is 39.4 Å². The highest BCUT2D eigenvalue weighted by Gasteiger charge is 2.34. The first-order valence-electron chi connectivity index (χ1n) is 9.29. The van der Waals surface area contributed by atoms with Gasteiger partial charge < -0.3 is 15.0 Å². The smallest absolute Gasteiger partial charge is 0.317 e. The number of morpholine rings is 1. The highest BCUT2D eigenvalue weighted by Crippen LogP contribution is 2.34. The Morgan fingerprint density at radius 3 is 2.68 bits per heavy atom. The van der Waals surface area contributed by atoms with Crippen molar-refractivity contribution in [1.29, 1.82) is 0 Å². The molecule has 25 heavy (non-hydrogen) atoms. The molecule has 1 aromatic heterocycles. The molecule has 2 amide bonds. The van der Waals surface area contributed by atoms with E-state index in [0.29, 0.717) is 6.54 Å². The van der Waals surface area contributed by atoms with Crippen LogP contribution >= 0.6 is 0 Å².